The van der Waals surface area contributed by atoms with E-state index >= 15 is 0 Å². The van der Waals surface area contributed by atoms with E-state index in [-0.39, 0.29) is 26.3 Å². The fourth-order valence-electron chi connectivity index (χ4n) is 2.26. The van der Waals surface area contributed by atoms with Crippen LogP contribution in [-0.4, -0.2) is 48.4 Å². The molecule has 1 aliphatic heterocycles. The van der Waals surface area contributed by atoms with Crippen LogP contribution in [0.4, 0.5) is 4.79 Å². The highest BCUT2D eigenvalue weighted by Gasteiger charge is 2.52. The molecular formula is C16H19NO5. The van der Waals surface area contributed by atoms with Crippen LogP contribution < -0.4 is 0 Å². The molecule has 2 rings (SSSR count). The molecule has 1 amide bonds. The van der Waals surface area contributed by atoms with Crippen LogP contribution in [0.3, 0.4) is 0 Å². The maximum absolute atomic E-state index is 11.6. The maximum atomic E-state index is 11.6. The number of aliphatic carboxylic acids is 1. The van der Waals surface area contributed by atoms with E-state index in [1.165, 1.54) is 11.0 Å². The summed E-state index contributed by atoms with van der Waals surface area (Å²) in [4.78, 5) is 24.4. The summed E-state index contributed by atoms with van der Waals surface area (Å²) < 4.78 is 10.4. The second kappa shape index (κ2) is 7.09. The van der Waals surface area contributed by atoms with Crippen molar-refractivity contribution in [1.82, 2.24) is 4.90 Å². The Kier molecular flexibility index (Phi) is 5.16. The van der Waals surface area contributed by atoms with Gasteiger partial charge in [-0.3, -0.25) is 4.79 Å². The number of carbonyl (C=O) groups excluding carboxylic acids is 1. The predicted octanol–water partition coefficient (Wildman–Crippen LogP) is 1.91. The molecule has 1 aliphatic rings. The lowest BCUT2D eigenvalue weighted by molar-refractivity contribution is -0.166. The number of hydrogen-bond acceptors (Lipinski definition) is 4. The van der Waals surface area contributed by atoms with Crippen molar-refractivity contribution in [2.75, 3.05) is 26.3 Å². The summed E-state index contributed by atoms with van der Waals surface area (Å²) in [5.41, 5.74) is -0.0771. The van der Waals surface area contributed by atoms with Gasteiger partial charge >= 0.3 is 12.1 Å². The molecule has 1 heterocycles. The summed E-state index contributed by atoms with van der Waals surface area (Å²) in [6, 6.07) is 9.51. The Morgan fingerprint density at radius 3 is 2.59 bits per heavy atom. The van der Waals surface area contributed by atoms with Crippen molar-refractivity contribution in [1.29, 1.82) is 0 Å². The molecule has 0 radical (unpaired) electrons. The SMILES string of the molecule is C=CCOC(=O)N1CC(COCc2ccccc2)(C(=O)O)C1. The Morgan fingerprint density at radius 2 is 2.00 bits per heavy atom. The molecule has 6 nitrogen and oxygen atoms in total. The zero-order chi connectivity index (χ0) is 16.0. The monoisotopic (exact) mass is 305 g/mol. The van der Waals surface area contributed by atoms with Gasteiger partial charge in [0.25, 0.3) is 0 Å². The van der Waals surface area contributed by atoms with E-state index in [1.54, 1.807) is 0 Å². The zero-order valence-electron chi connectivity index (χ0n) is 12.2. The number of hydrogen-bond donors (Lipinski definition) is 1. The van der Waals surface area contributed by atoms with E-state index in [1.807, 2.05) is 30.3 Å². The van der Waals surface area contributed by atoms with Crippen LogP contribution in [0.25, 0.3) is 0 Å². The van der Waals surface area contributed by atoms with Crippen molar-refractivity contribution in [2.45, 2.75) is 6.61 Å². The highest BCUT2D eigenvalue weighted by Crippen LogP contribution is 2.32. The molecule has 1 aromatic carbocycles. The molecule has 22 heavy (non-hydrogen) atoms. The number of amides is 1. The third-order valence-electron chi connectivity index (χ3n) is 3.51. The molecule has 0 aliphatic carbocycles. The Balaban J connectivity index is 1.83. The van der Waals surface area contributed by atoms with Crippen LogP contribution in [0.2, 0.25) is 0 Å². The van der Waals surface area contributed by atoms with Gasteiger partial charge < -0.3 is 19.5 Å². The third kappa shape index (κ3) is 3.65. The molecule has 1 N–H and O–H groups in total. The van der Waals surface area contributed by atoms with Gasteiger partial charge in [-0.05, 0) is 5.56 Å². The van der Waals surface area contributed by atoms with Gasteiger partial charge in [0.15, 0.2) is 0 Å². The Bertz CT molecular complexity index is 537. The molecule has 1 saturated heterocycles. The molecule has 1 fully saturated rings. The fourth-order valence-corrected chi connectivity index (χ4v) is 2.26. The molecule has 0 unspecified atom stereocenters. The van der Waals surface area contributed by atoms with Gasteiger partial charge in [-0.1, -0.05) is 43.0 Å². The normalized spacial score (nSPS) is 15.7. The topological polar surface area (TPSA) is 76.1 Å². The molecule has 0 atom stereocenters. The average molecular weight is 305 g/mol. The lowest BCUT2D eigenvalue weighted by Gasteiger charge is -2.45. The van der Waals surface area contributed by atoms with Gasteiger partial charge in [-0.15, -0.1) is 0 Å². The largest absolute Gasteiger partial charge is 0.481 e. The average Bonchev–Trinajstić information content (AvgIpc) is 2.48. The van der Waals surface area contributed by atoms with Crippen molar-refractivity contribution in [2.24, 2.45) is 5.41 Å². The first-order valence-corrected chi connectivity index (χ1v) is 6.95. The van der Waals surface area contributed by atoms with Crippen molar-refractivity contribution < 1.29 is 24.2 Å². The predicted molar refractivity (Wildman–Crippen MR) is 79.3 cm³/mol. The van der Waals surface area contributed by atoms with E-state index in [2.05, 4.69) is 6.58 Å². The number of likely N-dealkylation sites (tertiary alicyclic amines) is 1. The molecule has 118 valence electrons. The molecular weight excluding hydrogens is 286 g/mol. The van der Waals surface area contributed by atoms with Crippen LogP contribution in [0.1, 0.15) is 5.56 Å². The summed E-state index contributed by atoms with van der Waals surface area (Å²) in [6.45, 7) is 4.15. The summed E-state index contributed by atoms with van der Waals surface area (Å²) >= 11 is 0. The summed E-state index contributed by atoms with van der Waals surface area (Å²) in [7, 11) is 0. The lowest BCUT2D eigenvalue weighted by atomic mass is 9.81. The number of ether oxygens (including phenoxy) is 2. The Hall–Kier alpha value is -2.34. The van der Waals surface area contributed by atoms with Crippen molar-refractivity contribution in [3.05, 3.63) is 48.6 Å². The Labute approximate surface area is 128 Å². The first-order valence-electron chi connectivity index (χ1n) is 6.95. The molecule has 0 bridgehead atoms. The quantitative estimate of drug-likeness (QED) is 0.779. The highest BCUT2D eigenvalue weighted by atomic mass is 16.6. The minimum atomic E-state index is -1.05. The van der Waals surface area contributed by atoms with Crippen molar-refractivity contribution in [3.8, 4) is 0 Å². The van der Waals surface area contributed by atoms with Gasteiger partial charge in [0.2, 0.25) is 0 Å². The van der Waals surface area contributed by atoms with E-state index in [0.29, 0.717) is 6.61 Å². The summed E-state index contributed by atoms with van der Waals surface area (Å²) in [5, 5.41) is 9.38. The number of carboxylic acid groups (broad SMARTS) is 1. The first kappa shape index (κ1) is 16.0. The first-order chi connectivity index (χ1) is 10.6. The van der Waals surface area contributed by atoms with Crippen LogP contribution in [0.15, 0.2) is 43.0 Å². The second-order valence-corrected chi connectivity index (χ2v) is 5.29. The minimum absolute atomic E-state index is 0.0580. The third-order valence-corrected chi connectivity index (χ3v) is 3.51. The summed E-state index contributed by atoms with van der Waals surface area (Å²) in [5.74, 6) is -0.965. The van der Waals surface area contributed by atoms with E-state index in [0.717, 1.165) is 5.56 Å². The number of benzene rings is 1. The van der Waals surface area contributed by atoms with Gasteiger partial charge in [-0.25, -0.2) is 4.79 Å². The fraction of sp³-hybridized carbons (Fsp3) is 0.375. The van der Waals surface area contributed by atoms with Crippen LogP contribution in [-0.2, 0) is 20.9 Å². The number of carboxylic acids is 1. The number of nitrogens with zero attached hydrogens (tertiary/aromatic N) is 1. The summed E-state index contributed by atoms with van der Waals surface area (Å²) in [6.07, 6.45) is 0.935. The molecule has 1 aromatic rings. The zero-order valence-corrected chi connectivity index (χ0v) is 12.2. The van der Waals surface area contributed by atoms with Gasteiger partial charge in [-0.2, -0.15) is 0 Å². The van der Waals surface area contributed by atoms with Gasteiger partial charge in [0.1, 0.15) is 12.0 Å². The smallest absolute Gasteiger partial charge is 0.410 e. The molecule has 6 heteroatoms. The molecule has 0 saturated carbocycles. The maximum Gasteiger partial charge on any atom is 0.410 e. The minimum Gasteiger partial charge on any atom is -0.481 e. The van der Waals surface area contributed by atoms with E-state index < -0.39 is 17.5 Å². The standard InChI is InChI=1S/C16H19NO5/c1-2-8-22-15(20)17-10-16(11-17,14(18)19)12-21-9-13-6-4-3-5-7-13/h2-7H,1,8-12H2,(H,18,19). The molecule has 0 aromatic heterocycles. The van der Waals surface area contributed by atoms with Crippen molar-refractivity contribution in [3.63, 3.8) is 0 Å². The van der Waals surface area contributed by atoms with Crippen LogP contribution in [0, 0.1) is 5.41 Å². The second-order valence-electron chi connectivity index (χ2n) is 5.29. The Morgan fingerprint density at radius 1 is 1.32 bits per heavy atom. The van der Waals surface area contributed by atoms with Crippen molar-refractivity contribution >= 4 is 12.1 Å². The van der Waals surface area contributed by atoms with Gasteiger partial charge in [0.05, 0.1) is 13.2 Å². The molecule has 0 spiro atoms. The van der Waals surface area contributed by atoms with E-state index in [9.17, 15) is 14.7 Å². The lowest BCUT2D eigenvalue weighted by Crippen LogP contribution is -2.64. The van der Waals surface area contributed by atoms with Gasteiger partial charge in [0, 0.05) is 13.1 Å². The van der Waals surface area contributed by atoms with E-state index in [4.69, 9.17) is 9.47 Å². The number of carbonyl (C=O) groups is 2. The van der Waals surface area contributed by atoms with Crippen LogP contribution in [0.5, 0.6) is 0 Å². The van der Waals surface area contributed by atoms with Crippen LogP contribution >= 0.6 is 0 Å². The number of rotatable bonds is 7. The highest BCUT2D eigenvalue weighted by molar-refractivity contribution is 5.80.